The second-order valence-electron chi connectivity index (χ2n) is 4.82. The maximum atomic E-state index is 12.1. The molecule has 0 aromatic rings. The van der Waals surface area contributed by atoms with Crippen molar-refractivity contribution >= 4 is 0 Å². The van der Waals surface area contributed by atoms with Crippen LogP contribution in [-0.4, -0.2) is 30.5 Å². The van der Waals surface area contributed by atoms with E-state index in [-0.39, 0.29) is 12.5 Å². The van der Waals surface area contributed by atoms with Gasteiger partial charge in [0.2, 0.25) is 0 Å². The molecule has 0 bridgehead atoms. The summed E-state index contributed by atoms with van der Waals surface area (Å²) in [6, 6.07) is -0.413. The van der Waals surface area contributed by atoms with Crippen molar-refractivity contribution in [2.75, 3.05) is 13.2 Å². The first-order valence-electron chi connectivity index (χ1n) is 5.83. The van der Waals surface area contributed by atoms with Gasteiger partial charge in [-0.05, 0) is 24.7 Å². The van der Waals surface area contributed by atoms with Crippen molar-refractivity contribution in [2.45, 2.75) is 44.8 Å². The molecule has 1 aliphatic rings. The second-order valence-corrected chi connectivity index (χ2v) is 4.82. The van der Waals surface area contributed by atoms with Crippen LogP contribution in [-0.2, 0) is 0 Å². The summed E-state index contributed by atoms with van der Waals surface area (Å²) in [5, 5.41) is 11.6. The Bertz CT molecular complexity index is 208. The minimum absolute atomic E-state index is 0.177. The van der Waals surface area contributed by atoms with Crippen LogP contribution in [0.25, 0.3) is 0 Å². The molecule has 0 saturated heterocycles. The molecule has 5 heteroatoms. The van der Waals surface area contributed by atoms with Crippen LogP contribution in [0, 0.1) is 11.8 Å². The van der Waals surface area contributed by atoms with Gasteiger partial charge >= 0.3 is 6.18 Å². The van der Waals surface area contributed by atoms with Crippen LogP contribution in [0.5, 0.6) is 0 Å². The van der Waals surface area contributed by atoms with Crippen molar-refractivity contribution < 1.29 is 18.3 Å². The van der Waals surface area contributed by atoms with Crippen LogP contribution in [0.4, 0.5) is 13.2 Å². The third-order valence-corrected chi connectivity index (χ3v) is 3.31. The van der Waals surface area contributed by atoms with Crippen molar-refractivity contribution in [2.24, 2.45) is 11.8 Å². The molecule has 16 heavy (non-hydrogen) atoms. The number of aliphatic hydroxyl groups is 1. The molecule has 0 heterocycles. The Morgan fingerprint density at radius 2 is 2.06 bits per heavy atom. The minimum atomic E-state index is -4.20. The summed E-state index contributed by atoms with van der Waals surface area (Å²) < 4.78 is 36.2. The molecule has 0 amide bonds. The highest BCUT2D eigenvalue weighted by atomic mass is 19.4. The zero-order chi connectivity index (χ0) is 12.2. The first kappa shape index (κ1) is 13.8. The third-order valence-electron chi connectivity index (χ3n) is 3.31. The van der Waals surface area contributed by atoms with E-state index in [4.69, 9.17) is 5.11 Å². The summed E-state index contributed by atoms with van der Waals surface area (Å²) in [6.45, 7) is 0.890. The van der Waals surface area contributed by atoms with Crippen LogP contribution in [0.2, 0.25) is 0 Å². The second kappa shape index (κ2) is 5.87. The lowest BCUT2D eigenvalue weighted by atomic mass is 9.79. The highest BCUT2D eigenvalue weighted by molar-refractivity contribution is 4.81. The minimum Gasteiger partial charge on any atom is -0.395 e. The first-order chi connectivity index (χ1) is 7.42. The van der Waals surface area contributed by atoms with Crippen molar-refractivity contribution in [3.8, 4) is 0 Å². The largest absolute Gasteiger partial charge is 0.401 e. The predicted octanol–water partition coefficient (Wildman–Crippen LogP) is 2.33. The molecule has 0 aliphatic heterocycles. The van der Waals surface area contributed by atoms with Crippen molar-refractivity contribution in [1.82, 2.24) is 5.32 Å². The molecule has 3 atom stereocenters. The molecular formula is C11H20F3NO. The first-order valence-corrected chi connectivity index (χ1v) is 5.83. The number of halogens is 3. The van der Waals surface area contributed by atoms with E-state index in [1.165, 1.54) is 0 Å². The molecular weight excluding hydrogens is 219 g/mol. The summed E-state index contributed by atoms with van der Waals surface area (Å²) in [6.07, 6.45) is -0.172. The summed E-state index contributed by atoms with van der Waals surface area (Å²) in [5.41, 5.74) is 0. The molecule has 2 N–H and O–H groups in total. The fourth-order valence-corrected chi connectivity index (χ4v) is 2.47. The van der Waals surface area contributed by atoms with E-state index in [2.05, 4.69) is 12.2 Å². The Hall–Kier alpha value is -0.290. The van der Waals surface area contributed by atoms with Gasteiger partial charge in [0.1, 0.15) is 0 Å². The fraction of sp³-hybridized carbons (Fsp3) is 1.00. The van der Waals surface area contributed by atoms with Gasteiger partial charge in [-0.3, -0.25) is 0 Å². The van der Waals surface area contributed by atoms with Crippen LogP contribution < -0.4 is 5.32 Å². The summed E-state index contributed by atoms with van der Waals surface area (Å²) >= 11 is 0. The van der Waals surface area contributed by atoms with E-state index in [1.807, 2.05) is 0 Å². The van der Waals surface area contributed by atoms with Crippen molar-refractivity contribution in [3.63, 3.8) is 0 Å². The topological polar surface area (TPSA) is 32.3 Å². The molecule has 96 valence electrons. The molecule has 1 saturated carbocycles. The third kappa shape index (κ3) is 4.70. The number of rotatable bonds is 4. The summed E-state index contributed by atoms with van der Waals surface area (Å²) in [5.74, 6) is 0.733. The highest BCUT2D eigenvalue weighted by Gasteiger charge is 2.31. The van der Waals surface area contributed by atoms with E-state index >= 15 is 0 Å². The molecule has 1 fully saturated rings. The highest BCUT2D eigenvalue weighted by Crippen LogP contribution is 2.31. The lowest BCUT2D eigenvalue weighted by Crippen LogP contribution is -2.45. The zero-order valence-corrected chi connectivity index (χ0v) is 9.56. The van der Waals surface area contributed by atoms with Gasteiger partial charge in [-0.2, -0.15) is 13.2 Å². The van der Waals surface area contributed by atoms with Crippen molar-refractivity contribution in [3.05, 3.63) is 0 Å². The van der Waals surface area contributed by atoms with Gasteiger partial charge in [0, 0.05) is 6.04 Å². The smallest absolute Gasteiger partial charge is 0.395 e. The van der Waals surface area contributed by atoms with Crippen LogP contribution in [0.3, 0.4) is 0 Å². The Labute approximate surface area is 94.2 Å². The SMILES string of the molecule is CC1CCCC(C(CO)NCC(F)(F)F)C1. The van der Waals surface area contributed by atoms with E-state index in [1.54, 1.807) is 0 Å². The number of hydrogen-bond acceptors (Lipinski definition) is 2. The zero-order valence-electron chi connectivity index (χ0n) is 9.56. The standard InChI is InChI=1S/C11H20F3NO/c1-8-3-2-4-9(5-8)10(6-16)15-7-11(12,13)14/h8-10,15-16H,2-7H2,1H3. The van der Waals surface area contributed by atoms with E-state index in [0.29, 0.717) is 5.92 Å². The maximum absolute atomic E-state index is 12.1. The molecule has 1 rings (SSSR count). The Kier molecular flexibility index (Phi) is 5.05. The molecule has 3 unspecified atom stereocenters. The Morgan fingerprint density at radius 3 is 2.56 bits per heavy atom. The number of alkyl halides is 3. The number of nitrogens with one attached hydrogen (secondary N) is 1. The van der Waals surface area contributed by atoms with Gasteiger partial charge in [-0.15, -0.1) is 0 Å². The average molecular weight is 239 g/mol. The number of hydrogen-bond donors (Lipinski definition) is 2. The van der Waals surface area contributed by atoms with Gasteiger partial charge in [-0.1, -0.05) is 19.8 Å². The Morgan fingerprint density at radius 1 is 1.38 bits per heavy atom. The quantitative estimate of drug-likeness (QED) is 0.789. The van der Waals surface area contributed by atoms with Gasteiger partial charge in [0.15, 0.2) is 0 Å². The van der Waals surface area contributed by atoms with Crippen molar-refractivity contribution in [1.29, 1.82) is 0 Å². The van der Waals surface area contributed by atoms with Gasteiger partial charge < -0.3 is 10.4 Å². The fourth-order valence-electron chi connectivity index (χ4n) is 2.47. The van der Waals surface area contributed by atoms with E-state index in [9.17, 15) is 13.2 Å². The molecule has 0 aromatic carbocycles. The molecule has 0 spiro atoms. The molecule has 0 radical (unpaired) electrons. The Balaban J connectivity index is 2.40. The van der Waals surface area contributed by atoms with Gasteiger partial charge in [0.25, 0.3) is 0 Å². The van der Waals surface area contributed by atoms with Gasteiger partial charge in [-0.25, -0.2) is 0 Å². The predicted molar refractivity (Wildman–Crippen MR) is 56.1 cm³/mol. The molecule has 1 aliphatic carbocycles. The molecule has 2 nitrogen and oxygen atoms in total. The molecule has 0 aromatic heterocycles. The van der Waals surface area contributed by atoms with E-state index in [0.717, 1.165) is 25.7 Å². The van der Waals surface area contributed by atoms with Gasteiger partial charge in [0.05, 0.1) is 13.2 Å². The van der Waals surface area contributed by atoms with Crippen LogP contribution >= 0.6 is 0 Å². The van der Waals surface area contributed by atoms with E-state index < -0.39 is 18.8 Å². The normalized spacial score (nSPS) is 29.1. The summed E-state index contributed by atoms with van der Waals surface area (Å²) in [4.78, 5) is 0. The lowest BCUT2D eigenvalue weighted by molar-refractivity contribution is -0.127. The lowest BCUT2D eigenvalue weighted by Gasteiger charge is -2.33. The number of aliphatic hydroxyl groups excluding tert-OH is 1. The average Bonchev–Trinajstić information content (AvgIpc) is 2.17. The monoisotopic (exact) mass is 239 g/mol. The maximum Gasteiger partial charge on any atom is 0.401 e. The van der Waals surface area contributed by atoms with Crippen LogP contribution in [0.15, 0.2) is 0 Å². The van der Waals surface area contributed by atoms with Crippen LogP contribution in [0.1, 0.15) is 32.6 Å². The summed E-state index contributed by atoms with van der Waals surface area (Å²) in [7, 11) is 0.